The molecule has 6 heteroatoms. The number of hydrogen-bond acceptors (Lipinski definition) is 5. The standard InChI is InChI=1S/C22H26ClN3O2/c23-19-14-20(22-21(15-19)27-12-13-28-22)26-10-8-25(9-11-26)16-18(6-7-24)17-4-2-1-3-5-17/h1-5,15,18,20H,6,8-14,16H2. The molecule has 2 aliphatic heterocycles. The summed E-state index contributed by atoms with van der Waals surface area (Å²) in [5, 5.41) is 10.1. The summed E-state index contributed by atoms with van der Waals surface area (Å²) in [4.78, 5) is 4.93. The maximum atomic E-state index is 9.25. The summed E-state index contributed by atoms with van der Waals surface area (Å²) in [6.07, 6.45) is 3.23. The molecule has 3 aliphatic rings. The number of benzene rings is 1. The Labute approximate surface area is 171 Å². The SMILES string of the molecule is N#CCC(CN1CCN(C2CC(Cl)=CC3=C2OCCO3)CC1)c1ccccc1. The van der Waals surface area contributed by atoms with Crippen molar-refractivity contribution in [1.82, 2.24) is 9.80 Å². The van der Waals surface area contributed by atoms with Gasteiger partial charge in [-0.1, -0.05) is 41.9 Å². The third-order valence-corrected chi connectivity index (χ3v) is 6.02. The minimum Gasteiger partial charge on any atom is -0.489 e. The molecule has 1 saturated heterocycles. The molecule has 1 aromatic rings. The molecule has 1 aliphatic carbocycles. The normalized spacial score (nSPS) is 24.4. The molecule has 0 radical (unpaired) electrons. The minimum absolute atomic E-state index is 0.166. The second kappa shape index (κ2) is 9.00. The first-order chi connectivity index (χ1) is 13.7. The maximum Gasteiger partial charge on any atom is 0.159 e. The van der Waals surface area contributed by atoms with Crippen molar-refractivity contribution >= 4 is 11.6 Å². The molecular formula is C22H26ClN3O2. The molecule has 0 spiro atoms. The van der Waals surface area contributed by atoms with Crippen LogP contribution in [0.1, 0.15) is 24.3 Å². The Balaban J connectivity index is 1.37. The fourth-order valence-corrected chi connectivity index (χ4v) is 4.53. The van der Waals surface area contributed by atoms with E-state index in [-0.39, 0.29) is 12.0 Å². The first-order valence-electron chi connectivity index (χ1n) is 9.98. The molecule has 5 nitrogen and oxygen atoms in total. The summed E-state index contributed by atoms with van der Waals surface area (Å²) in [7, 11) is 0. The third kappa shape index (κ3) is 4.35. The third-order valence-electron chi connectivity index (χ3n) is 5.75. The molecule has 28 heavy (non-hydrogen) atoms. The minimum atomic E-state index is 0.166. The van der Waals surface area contributed by atoms with E-state index in [2.05, 4.69) is 40.1 Å². The van der Waals surface area contributed by atoms with E-state index in [1.165, 1.54) is 5.56 Å². The number of halogens is 1. The van der Waals surface area contributed by atoms with Gasteiger partial charge < -0.3 is 14.4 Å². The van der Waals surface area contributed by atoms with Crippen LogP contribution < -0.4 is 0 Å². The highest BCUT2D eigenvalue weighted by Crippen LogP contribution is 2.34. The van der Waals surface area contributed by atoms with E-state index in [1.807, 2.05) is 12.1 Å². The lowest BCUT2D eigenvalue weighted by molar-refractivity contribution is 0.0201. The molecule has 4 rings (SSSR count). The number of rotatable bonds is 5. The van der Waals surface area contributed by atoms with Crippen molar-refractivity contribution < 1.29 is 9.47 Å². The summed E-state index contributed by atoms with van der Waals surface area (Å²) in [5.74, 6) is 2.00. The van der Waals surface area contributed by atoms with Crippen molar-refractivity contribution in [3.63, 3.8) is 0 Å². The Morgan fingerprint density at radius 3 is 2.61 bits per heavy atom. The molecule has 0 N–H and O–H groups in total. The number of allylic oxidation sites excluding steroid dienone is 1. The molecule has 1 aromatic carbocycles. The number of ether oxygens (including phenoxy) is 2. The van der Waals surface area contributed by atoms with E-state index in [4.69, 9.17) is 21.1 Å². The smallest absolute Gasteiger partial charge is 0.159 e. The number of nitrogens with zero attached hydrogens (tertiary/aromatic N) is 3. The topological polar surface area (TPSA) is 48.7 Å². The highest BCUT2D eigenvalue weighted by atomic mass is 35.5. The largest absolute Gasteiger partial charge is 0.489 e. The second-order valence-electron chi connectivity index (χ2n) is 7.54. The van der Waals surface area contributed by atoms with E-state index in [0.29, 0.717) is 19.6 Å². The van der Waals surface area contributed by atoms with Crippen molar-refractivity contribution in [2.75, 3.05) is 45.9 Å². The van der Waals surface area contributed by atoms with Crippen LogP contribution in [0.25, 0.3) is 0 Å². The fraction of sp³-hybridized carbons (Fsp3) is 0.500. The first-order valence-corrected chi connectivity index (χ1v) is 10.4. The van der Waals surface area contributed by atoms with E-state index < -0.39 is 0 Å². The van der Waals surface area contributed by atoms with Gasteiger partial charge in [0, 0.05) is 56.5 Å². The molecule has 2 atom stereocenters. The molecule has 0 saturated carbocycles. The molecule has 2 unspecified atom stereocenters. The molecule has 0 bridgehead atoms. The predicted molar refractivity (Wildman–Crippen MR) is 109 cm³/mol. The molecule has 0 amide bonds. The van der Waals surface area contributed by atoms with Crippen LogP contribution in [0.5, 0.6) is 0 Å². The van der Waals surface area contributed by atoms with Gasteiger partial charge in [-0.2, -0.15) is 5.26 Å². The maximum absolute atomic E-state index is 9.25. The van der Waals surface area contributed by atoms with Gasteiger partial charge in [-0.15, -0.1) is 0 Å². The first kappa shape index (κ1) is 19.3. The van der Waals surface area contributed by atoms with Gasteiger partial charge in [0.2, 0.25) is 0 Å². The lowest BCUT2D eigenvalue weighted by Crippen LogP contribution is -2.52. The van der Waals surface area contributed by atoms with Crippen molar-refractivity contribution in [3.8, 4) is 6.07 Å². The van der Waals surface area contributed by atoms with Crippen LogP contribution in [0.2, 0.25) is 0 Å². The Bertz CT molecular complexity index is 779. The molecule has 2 heterocycles. The fourth-order valence-electron chi connectivity index (χ4n) is 4.28. The van der Waals surface area contributed by atoms with Gasteiger partial charge in [0.1, 0.15) is 13.2 Å². The van der Waals surface area contributed by atoms with E-state index in [0.717, 1.165) is 55.7 Å². The lowest BCUT2D eigenvalue weighted by Gasteiger charge is -2.42. The van der Waals surface area contributed by atoms with Crippen LogP contribution in [-0.2, 0) is 9.47 Å². The van der Waals surface area contributed by atoms with Crippen molar-refractivity contribution in [1.29, 1.82) is 5.26 Å². The molecule has 148 valence electrons. The summed E-state index contributed by atoms with van der Waals surface area (Å²) >= 11 is 6.37. The molecule has 1 fully saturated rings. The van der Waals surface area contributed by atoms with Crippen LogP contribution in [0.3, 0.4) is 0 Å². The van der Waals surface area contributed by atoms with Gasteiger partial charge in [0.15, 0.2) is 11.5 Å². The van der Waals surface area contributed by atoms with Gasteiger partial charge in [-0.05, 0) is 11.6 Å². The van der Waals surface area contributed by atoms with Crippen LogP contribution in [0.4, 0.5) is 0 Å². The summed E-state index contributed by atoms with van der Waals surface area (Å²) < 4.78 is 11.7. The van der Waals surface area contributed by atoms with E-state index >= 15 is 0 Å². The van der Waals surface area contributed by atoms with E-state index in [1.54, 1.807) is 0 Å². The van der Waals surface area contributed by atoms with Gasteiger partial charge in [-0.25, -0.2) is 0 Å². The zero-order valence-electron chi connectivity index (χ0n) is 16.0. The van der Waals surface area contributed by atoms with Crippen molar-refractivity contribution in [3.05, 3.63) is 58.5 Å². The monoisotopic (exact) mass is 399 g/mol. The number of piperazine rings is 1. The zero-order valence-corrected chi connectivity index (χ0v) is 16.8. The summed E-state index contributed by atoms with van der Waals surface area (Å²) in [6, 6.07) is 12.9. The van der Waals surface area contributed by atoms with Crippen LogP contribution in [0, 0.1) is 11.3 Å². The number of hydrogen-bond donors (Lipinski definition) is 0. The average molecular weight is 400 g/mol. The van der Waals surface area contributed by atoms with Crippen LogP contribution in [-0.4, -0.2) is 61.8 Å². The lowest BCUT2D eigenvalue weighted by atomic mass is 9.95. The van der Waals surface area contributed by atoms with Crippen molar-refractivity contribution in [2.45, 2.75) is 24.8 Å². The van der Waals surface area contributed by atoms with E-state index in [9.17, 15) is 5.26 Å². The van der Waals surface area contributed by atoms with Gasteiger partial charge >= 0.3 is 0 Å². The van der Waals surface area contributed by atoms with Gasteiger partial charge in [-0.3, -0.25) is 4.90 Å². The highest BCUT2D eigenvalue weighted by molar-refractivity contribution is 6.29. The second-order valence-corrected chi connectivity index (χ2v) is 8.03. The van der Waals surface area contributed by atoms with Crippen LogP contribution >= 0.6 is 11.6 Å². The average Bonchev–Trinajstić information content (AvgIpc) is 2.74. The zero-order chi connectivity index (χ0) is 19.3. The molecular weight excluding hydrogens is 374 g/mol. The quantitative estimate of drug-likeness (QED) is 0.758. The predicted octanol–water partition coefficient (Wildman–Crippen LogP) is 3.45. The van der Waals surface area contributed by atoms with Gasteiger partial charge in [0.25, 0.3) is 0 Å². The summed E-state index contributed by atoms with van der Waals surface area (Å²) in [5.41, 5.74) is 1.25. The Hall–Kier alpha value is -2.00. The summed E-state index contributed by atoms with van der Waals surface area (Å²) in [6.45, 7) is 6.00. The van der Waals surface area contributed by atoms with Gasteiger partial charge in [0.05, 0.1) is 12.1 Å². The Kier molecular flexibility index (Phi) is 6.21. The highest BCUT2D eigenvalue weighted by Gasteiger charge is 2.34. The number of nitriles is 1. The van der Waals surface area contributed by atoms with Crippen molar-refractivity contribution in [2.24, 2.45) is 0 Å². The van der Waals surface area contributed by atoms with Crippen LogP contribution in [0.15, 0.2) is 53.0 Å². The Morgan fingerprint density at radius 2 is 1.86 bits per heavy atom. The Morgan fingerprint density at radius 1 is 1.11 bits per heavy atom. The molecule has 0 aromatic heterocycles.